The van der Waals surface area contributed by atoms with E-state index < -0.39 is 0 Å². The fourth-order valence-electron chi connectivity index (χ4n) is 3.00. The van der Waals surface area contributed by atoms with Crippen LogP contribution in [0, 0.1) is 0 Å². The first kappa shape index (κ1) is 20.6. The van der Waals surface area contributed by atoms with Crippen molar-refractivity contribution in [1.29, 1.82) is 0 Å². The summed E-state index contributed by atoms with van der Waals surface area (Å²) in [6, 6.07) is 21.6. The van der Waals surface area contributed by atoms with Gasteiger partial charge in [-0.1, -0.05) is 36.4 Å². The highest BCUT2D eigenvalue weighted by molar-refractivity contribution is 6.05. The summed E-state index contributed by atoms with van der Waals surface area (Å²) in [5.74, 6) is 0.472. The zero-order valence-electron chi connectivity index (χ0n) is 17.2. The fourth-order valence-corrected chi connectivity index (χ4v) is 3.00. The van der Waals surface area contributed by atoms with Gasteiger partial charge in [-0.3, -0.25) is 4.79 Å². The summed E-state index contributed by atoms with van der Waals surface area (Å²) in [7, 11) is 4.20. The van der Waals surface area contributed by atoms with Crippen LogP contribution >= 0.6 is 0 Å². The van der Waals surface area contributed by atoms with Gasteiger partial charge in [-0.05, 0) is 69.8 Å². The largest absolute Gasteiger partial charge is 0.338 e. The van der Waals surface area contributed by atoms with Crippen molar-refractivity contribution in [2.45, 2.75) is 25.8 Å². The molecule has 0 spiro atoms. The molecule has 5 nitrogen and oxygen atoms in total. The maximum Gasteiger partial charge on any atom is 0.255 e. The van der Waals surface area contributed by atoms with Crippen LogP contribution in [-0.4, -0.2) is 35.9 Å². The molecule has 0 saturated carbocycles. The fraction of sp³-hybridized carbons (Fsp3) is 0.250. The minimum Gasteiger partial charge on any atom is -0.338 e. The number of benzene rings is 2. The number of aryl methyl sites for hydroxylation is 1. The molecule has 1 unspecified atom stereocenters. The number of nitrogens with zero attached hydrogens (tertiary/aromatic N) is 2. The van der Waals surface area contributed by atoms with Crippen LogP contribution in [0.3, 0.4) is 0 Å². The van der Waals surface area contributed by atoms with Crippen molar-refractivity contribution in [3.05, 3.63) is 84.1 Å². The van der Waals surface area contributed by atoms with E-state index in [0.717, 1.165) is 18.5 Å². The van der Waals surface area contributed by atoms with Crippen LogP contribution in [0.1, 0.15) is 29.3 Å². The summed E-state index contributed by atoms with van der Waals surface area (Å²) in [4.78, 5) is 19.2. The van der Waals surface area contributed by atoms with E-state index in [1.807, 2.05) is 42.5 Å². The number of carbonyl (C=O) groups is 1. The quantitative estimate of drug-likeness (QED) is 0.573. The summed E-state index contributed by atoms with van der Waals surface area (Å²) < 4.78 is 0. The van der Waals surface area contributed by atoms with Gasteiger partial charge in [0.25, 0.3) is 5.91 Å². The van der Waals surface area contributed by atoms with Crippen molar-refractivity contribution >= 4 is 23.1 Å². The molecule has 0 aliphatic heterocycles. The average Bonchev–Trinajstić information content (AvgIpc) is 2.74. The molecule has 2 aromatic carbocycles. The molecule has 0 radical (unpaired) electrons. The van der Waals surface area contributed by atoms with E-state index in [-0.39, 0.29) is 5.91 Å². The van der Waals surface area contributed by atoms with E-state index in [1.54, 1.807) is 18.3 Å². The van der Waals surface area contributed by atoms with Crippen LogP contribution in [-0.2, 0) is 6.42 Å². The van der Waals surface area contributed by atoms with Gasteiger partial charge in [0.2, 0.25) is 0 Å². The Bertz CT molecular complexity index is 940. The molecule has 0 fully saturated rings. The van der Waals surface area contributed by atoms with E-state index in [2.05, 4.69) is 53.7 Å². The van der Waals surface area contributed by atoms with Gasteiger partial charge < -0.3 is 15.5 Å². The lowest BCUT2D eigenvalue weighted by molar-refractivity contribution is 0.102. The van der Waals surface area contributed by atoms with Crippen LogP contribution in [0.4, 0.5) is 17.2 Å². The molecule has 1 heterocycles. The molecule has 5 heteroatoms. The molecule has 0 aliphatic carbocycles. The number of nitrogens with one attached hydrogen (secondary N) is 2. The third-order valence-electron chi connectivity index (χ3n) is 5.08. The molecule has 2 N–H and O–H groups in total. The highest BCUT2D eigenvalue weighted by Crippen LogP contribution is 2.26. The summed E-state index contributed by atoms with van der Waals surface area (Å²) >= 11 is 0. The van der Waals surface area contributed by atoms with Crippen molar-refractivity contribution in [1.82, 2.24) is 9.88 Å². The molecule has 1 atom stereocenters. The molecule has 3 aromatic rings. The van der Waals surface area contributed by atoms with Gasteiger partial charge in [0.05, 0.1) is 5.69 Å². The zero-order chi connectivity index (χ0) is 20.6. The number of rotatable bonds is 8. The lowest BCUT2D eigenvalue weighted by Crippen LogP contribution is -2.25. The lowest BCUT2D eigenvalue weighted by Gasteiger charge is -2.20. The predicted molar refractivity (Wildman–Crippen MR) is 120 cm³/mol. The summed E-state index contributed by atoms with van der Waals surface area (Å²) in [6.45, 7) is 2.23. The van der Waals surface area contributed by atoms with Crippen molar-refractivity contribution in [2.24, 2.45) is 0 Å². The van der Waals surface area contributed by atoms with Crippen LogP contribution < -0.4 is 10.6 Å². The third-order valence-corrected chi connectivity index (χ3v) is 5.08. The van der Waals surface area contributed by atoms with Gasteiger partial charge in [0.15, 0.2) is 5.82 Å². The van der Waals surface area contributed by atoms with Crippen LogP contribution in [0.2, 0.25) is 0 Å². The first-order valence-corrected chi connectivity index (χ1v) is 9.87. The number of amides is 1. The molecule has 0 saturated heterocycles. The summed E-state index contributed by atoms with van der Waals surface area (Å²) in [5.41, 5.74) is 3.50. The van der Waals surface area contributed by atoms with Gasteiger partial charge in [-0.25, -0.2) is 4.98 Å². The first-order valence-electron chi connectivity index (χ1n) is 9.87. The second-order valence-electron chi connectivity index (χ2n) is 7.35. The molecule has 1 aromatic heterocycles. The summed E-state index contributed by atoms with van der Waals surface area (Å²) in [6.07, 6.45) is 3.74. The molecule has 150 valence electrons. The highest BCUT2D eigenvalue weighted by Gasteiger charge is 2.12. The molecule has 29 heavy (non-hydrogen) atoms. The summed E-state index contributed by atoms with van der Waals surface area (Å²) in [5, 5.41) is 6.37. The van der Waals surface area contributed by atoms with E-state index in [1.165, 1.54) is 5.56 Å². The third kappa shape index (κ3) is 5.65. The number of hydrogen-bond acceptors (Lipinski definition) is 4. The van der Waals surface area contributed by atoms with Crippen molar-refractivity contribution in [3.8, 4) is 0 Å². The lowest BCUT2D eigenvalue weighted by atomic mass is 10.0. The average molecular weight is 389 g/mol. The number of aromatic nitrogens is 1. The van der Waals surface area contributed by atoms with Crippen LogP contribution in [0.15, 0.2) is 72.9 Å². The van der Waals surface area contributed by atoms with Crippen molar-refractivity contribution in [2.75, 3.05) is 24.7 Å². The van der Waals surface area contributed by atoms with Crippen LogP contribution in [0.5, 0.6) is 0 Å². The maximum atomic E-state index is 12.6. The Labute approximate surface area is 172 Å². The number of hydrogen-bond donors (Lipinski definition) is 2. The normalized spacial score (nSPS) is 11.9. The number of anilines is 3. The Morgan fingerprint density at radius 2 is 1.66 bits per heavy atom. The smallest absolute Gasteiger partial charge is 0.255 e. The van der Waals surface area contributed by atoms with Gasteiger partial charge in [0.1, 0.15) is 0 Å². The Kier molecular flexibility index (Phi) is 6.98. The Hall–Kier alpha value is -3.18. The number of carbonyl (C=O) groups excluding carboxylic acids is 1. The minimum absolute atomic E-state index is 0.158. The topological polar surface area (TPSA) is 57.3 Å². The SMILES string of the molecule is CC(CCc1ccccc1Nc1ncccc1NC(=O)c1ccccc1)N(C)C. The van der Waals surface area contributed by atoms with Crippen molar-refractivity contribution < 1.29 is 4.79 Å². The first-order chi connectivity index (χ1) is 14.0. The highest BCUT2D eigenvalue weighted by atomic mass is 16.1. The van der Waals surface area contributed by atoms with E-state index in [4.69, 9.17) is 0 Å². The van der Waals surface area contributed by atoms with Gasteiger partial charge in [0, 0.05) is 23.5 Å². The van der Waals surface area contributed by atoms with Gasteiger partial charge >= 0.3 is 0 Å². The number of pyridine rings is 1. The molecular formula is C24H28N4O. The Morgan fingerprint density at radius 1 is 0.966 bits per heavy atom. The predicted octanol–water partition coefficient (Wildman–Crippen LogP) is 4.96. The zero-order valence-corrected chi connectivity index (χ0v) is 17.2. The molecule has 0 bridgehead atoms. The Morgan fingerprint density at radius 3 is 2.41 bits per heavy atom. The molecule has 3 rings (SSSR count). The minimum atomic E-state index is -0.158. The van der Waals surface area contributed by atoms with Crippen molar-refractivity contribution in [3.63, 3.8) is 0 Å². The van der Waals surface area contributed by atoms with E-state index in [9.17, 15) is 4.79 Å². The monoisotopic (exact) mass is 388 g/mol. The maximum absolute atomic E-state index is 12.6. The number of para-hydroxylation sites is 1. The van der Waals surface area contributed by atoms with Gasteiger partial charge in [-0.2, -0.15) is 0 Å². The molecule has 0 aliphatic rings. The molecular weight excluding hydrogens is 360 g/mol. The second kappa shape index (κ2) is 9.85. The molecule has 1 amide bonds. The second-order valence-corrected chi connectivity index (χ2v) is 7.35. The Balaban J connectivity index is 1.77. The van der Waals surface area contributed by atoms with Gasteiger partial charge in [-0.15, -0.1) is 0 Å². The van der Waals surface area contributed by atoms with Crippen LogP contribution in [0.25, 0.3) is 0 Å². The standard InChI is InChI=1S/C24H28N4O/c1-18(28(2)3)15-16-19-10-7-8-13-21(19)26-23-22(14-9-17-25-23)27-24(29)20-11-5-4-6-12-20/h4-14,17-18H,15-16H2,1-3H3,(H,25,26)(H,27,29). The van der Waals surface area contributed by atoms with E-state index in [0.29, 0.717) is 23.1 Å². The van der Waals surface area contributed by atoms with E-state index >= 15 is 0 Å².